The number of allylic oxidation sites excluding steroid dienone is 13. The van der Waals surface area contributed by atoms with E-state index < -0.39 is 0 Å². The molecule has 1 rings (SSSR count). The van der Waals surface area contributed by atoms with E-state index in [2.05, 4.69) is 37.6 Å². The van der Waals surface area contributed by atoms with Crippen LogP contribution in [-0.4, -0.2) is 18.0 Å². The highest BCUT2D eigenvalue weighted by Crippen LogP contribution is 2.28. The summed E-state index contributed by atoms with van der Waals surface area (Å²) in [4.78, 5) is 2.13. The van der Waals surface area contributed by atoms with E-state index >= 15 is 0 Å². The Balaban J connectivity index is 3.45. The molecule has 0 aliphatic heterocycles. The zero-order valence-corrected chi connectivity index (χ0v) is 21.2. The van der Waals surface area contributed by atoms with E-state index in [1.165, 1.54) is 0 Å². The molecule has 0 unspecified atom stereocenters. The maximum atomic E-state index is 9.63. The second-order valence-corrected chi connectivity index (χ2v) is 7.92. The van der Waals surface area contributed by atoms with Crippen LogP contribution in [0.4, 0.5) is 5.69 Å². The predicted molar refractivity (Wildman–Crippen MR) is 149 cm³/mol. The fourth-order valence-corrected chi connectivity index (χ4v) is 3.23. The Morgan fingerprint density at radius 1 is 1.09 bits per heavy atom. The van der Waals surface area contributed by atoms with Gasteiger partial charge in [-0.15, -0.1) is 11.6 Å². The molecule has 1 aromatic carbocycles. The number of aliphatic hydroxyl groups excluding tert-OH is 1. The number of benzene rings is 1. The van der Waals surface area contributed by atoms with Gasteiger partial charge in [0, 0.05) is 41.3 Å². The van der Waals surface area contributed by atoms with Crippen LogP contribution in [0.3, 0.4) is 0 Å². The summed E-state index contributed by atoms with van der Waals surface area (Å²) in [6.45, 7) is 15.7. The van der Waals surface area contributed by atoms with E-state index in [4.69, 9.17) is 23.2 Å². The molecule has 0 heterocycles. The van der Waals surface area contributed by atoms with Crippen molar-refractivity contribution in [1.29, 1.82) is 0 Å². The van der Waals surface area contributed by atoms with Gasteiger partial charge in [-0.3, -0.25) is 0 Å². The van der Waals surface area contributed by atoms with Gasteiger partial charge in [0.25, 0.3) is 0 Å². The van der Waals surface area contributed by atoms with E-state index in [-0.39, 0.29) is 5.76 Å². The second-order valence-electron chi connectivity index (χ2n) is 7.21. The molecular weight excluding hydrogens is 449 g/mol. The number of anilines is 1. The zero-order chi connectivity index (χ0) is 24.8. The Hall–Kier alpha value is -2.94. The number of hydrogen-bond acceptors (Lipinski definition) is 2. The van der Waals surface area contributed by atoms with E-state index in [9.17, 15) is 5.11 Å². The molecular formula is C29H33Cl2NO. The zero-order valence-electron chi connectivity index (χ0n) is 19.7. The first-order valence-electron chi connectivity index (χ1n) is 10.6. The molecule has 0 saturated heterocycles. The third kappa shape index (κ3) is 9.21. The number of halogens is 2. The Labute approximate surface area is 209 Å². The first-order valence-corrected chi connectivity index (χ1v) is 11.5. The van der Waals surface area contributed by atoms with Gasteiger partial charge in [-0.1, -0.05) is 73.9 Å². The lowest BCUT2D eigenvalue weighted by Crippen LogP contribution is -2.18. The minimum Gasteiger partial charge on any atom is -0.508 e. The van der Waals surface area contributed by atoms with Crippen LogP contribution in [0.1, 0.15) is 25.8 Å². The van der Waals surface area contributed by atoms with Gasteiger partial charge in [-0.05, 0) is 67.0 Å². The molecule has 0 saturated carbocycles. The standard InChI is InChI=1S/C29H33Cl2NO/c1-7-9-10-11-15-29(32(6)27-18-16-26(17-19-27)24(5)33)23(4)25(8-2)21-22(3)28(31)14-12-13-20-30/h7-14,16-19,21,33H,2-3,5,15,20H2,1,4,6H3/b9-7+,11-10-,13-12-,25-21-,28-14+,29-23-. The summed E-state index contributed by atoms with van der Waals surface area (Å²) >= 11 is 12.1. The molecule has 0 aliphatic rings. The summed E-state index contributed by atoms with van der Waals surface area (Å²) in [7, 11) is 2.02. The molecule has 0 atom stereocenters. The van der Waals surface area contributed by atoms with Crippen molar-refractivity contribution in [1.82, 2.24) is 0 Å². The summed E-state index contributed by atoms with van der Waals surface area (Å²) < 4.78 is 0. The van der Waals surface area contributed by atoms with Crippen molar-refractivity contribution >= 4 is 34.6 Å². The van der Waals surface area contributed by atoms with Crippen molar-refractivity contribution in [2.45, 2.75) is 20.3 Å². The predicted octanol–water partition coefficient (Wildman–Crippen LogP) is 9.03. The third-order valence-electron chi connectivity index (χ3n) is 4.93. The van der Waals surface area contributed by atoms with Crippen LogP contribution in [0.5, 0.6) is 0 Å². The third-order valence-corrected chi connectivity index (χ3v) is 5.48. The lowest BCUT2D eigenvalue weighted by atomic mass is 9.99. The SMILES string of the molecule is C=CC(=C/C(=C)/C(Cl)=C\C=C/CCl)/C(C)=C(/C/C=C\C=C\C)N(C)c1ccc(C(=C)O)cc1. The molecule has 4 heteroatoms. The first kappa shape index (κ1) is 28.1. The normalized spacial score (nSPS) is 13.6. The smallest absolute Gasteiger partial charge is 0.115 e. The Morgan fingerprint density at radius 3 is 2.30 bits per heavy atom. The molecule has 0 aliphatic carbocycles. The minimum absolute atomic E-state index is 0.0478. The molecule has 174 valence electrons. The molecule has 0 spiro atoms. The fourth-order valence-electron chi connectivity index (χ4n) is 3.00. The first-order chi connectivity index (χ1) is 15.8. The van der Waals surface area contributed by atoms with Crippen LogP contribution in [0.15, 0.2) is 126 Å². The maximum Gasteiger partial charge on any atom is 0.115 e. The Kier molecular flexibility index (Phi) is 12.8. The number of hydrogen-bond donors (Lipinski definition) is 1. The summed E-state index contributed by atoms with van der Waals surface area (Å²) in [6, 6.07) is 7.61. The topological polar surface area (TPSA) is 23.5 Å². The van der Waals surface area contributed by atoms with E-state index in [1.54, 1.807) is 12.2 Å². The molecule has 0 fully saturated rings. The molecule has 0 bridgehead atoms. The van der Waals surface area contributed by atoms with Crippen LogP contribution in [0.25, 0.3) is 5.76 Å². The van der Waals surface area contributed by atoms with Crippen LogP contribution in [-0.2, 0) is 0 Å². The van der Waals surface area contributed by atoms with Gasteiger partial charge in [0.15, 0.2) is 0 Å². The lowest BCUT2D eigenvalue weighted by molar-refractivity contribution is 0.514. The Bertz CT molecular complexity index is 1020. The van der Waals surface area contributed by atoms with E-state index in [0.717, 1.165) is 22.5 Å². The second kappa shape index (κ2) is 15.0. The van der Waals surface area contributed by atoms with Crippen LogP contribution in [0, 0.1) is 0 Å². The van der Waals surface area contributed by atoms with Gasteiger partial charge in [-0.25, -0.2) is 0 Å². The number of rotatable bonds is 12. The quantitative estimate of drug-likeness (QED) is 0.182. The highest BCUT2D eigenvalue weighted by molar-refractivity contribution is 6.32. The average Bonchev–Trinajstić information content (AvgIpc) is 2.81. The van der Waals surface area contributed by atoms with Crippen molar-refractivity contribution in [3.8, 4) is 0 Å². The molecule has 0 aromatic heterocycles. The summed E-state index contributed by atoms with van der Waals surface area (Å²) in [5, 5.41) is 10.2. The molecule has 0 amide bonds. The maximum absolute atomic E-state index is 9.63. The van der Waals surface area contributed by atoms with Crippen LogP contribution >= 0.6 is 23.2 Å². The summed E-state index contributed by atoms with van der Waals surface area (Å²) in [6.07, 6.45) is 18.0. The average molecular weight is 482 g/mol. The van der Waals surface area contributed by atoms with Crippen molar-refractivity contribution in [2.24, 2.45) is 0 Å². The fraction of sp³-hybridized carbons (Fsp3) is 0.172. The molecule has 0 radical (unpaired) electrons. The summed E-state index contributed by atoms with van der Waals surface area (Å²) in [5.74, 6) is 0.471. The van der Waals surface area contributed by atoms with Crippen molar-refractivity contribution in [3.63, 3.8) is 0 Å². The van der Waals surface area contributed by atoms with E-state index in [0.29, 0.717) is 28.5 Å². The van der Waals surface area contributed by atoms with Crippen molar-refractivity contribution in [3.05, 3.63) is 132 Å². The van der Waals surface area contributed by atoms with E-state index in [1.807, 2.05) is 74.7 Å². The van der Waals surface area contributed by atoms with Gasteiger partial charge in [0.1, 0.15) is 5.76 Å². The molecule has 1 aromatic rings. The van der Waals surface area contributed by atoms with Gasteiger partial charge >= 0.3 is 0 Å². The van der Waals surface area contributed by atoms with Gasteiger partial charge < -0.3 is 10.0 Å². The Morgan fingerprint density at radius 2 is 1.76 bits per heavy atom. The monoisotopic (exact) mass is 481 g/mol. The molecule has 1 N–H and O–H groups in total. The lowest BCUT2D eigenvalue weighted by Gasteiger charge is -2.25. The highest BCUT2D eigenvalue weighted by atomic mass is 35.5. The molecule has 2 nitrogen and oxygen atoms in total. The molecule has 33 heavy (non-hydrogen) atoms. The van der Waals surface area contributed by atoms with Crippen molar-refractivity contribution < 1.29 is 5.11 Å². The number of alkyl halides is 1. The minimum atomic E-state index is 0.0478. The number of nitrogens with zero attached hydrogens (tertiary/aromatic N) is 1. The van der Waals surface area contributed by atoms with Crippen molar-refractivity contribution in [2.75, 3.05) is 17.8 Å². The largest absolute Gasteiger partial charge is 0.508 e. The van der Waals surface area contributed by atoms with Gasteiger partial charge in [0.2, 0.25) is 0 Å². The van der Waals surface area contributed by atoms with Gasteiger partial charge in [0.05, 0.1) is 0 Å². The number of aliphatic hydroxyl groups is 1. The summed E-state index contributed by atoms with van der Waals surface area (Å²) in [5.41, 5.74) is 5.43. The van der Waals surface area contributed by atoms with Gasteiger partial charge in [-0.2, -0.15) is 0 Å². The van der Waals surface area contributed by atoms with Crippen LogP contribution in [0.2, 0.25) is 0 Å². The highest BCUT2D eigenvalue weighted by Gasteiger charge is 2.12. The van der Waals surface area contributed by atoms with Crippen LogP contribution < -0.4 is 4.90 Å².